The van der Waals surface area contributed by atoms with Gasteiger partial charge in [-0.25, -0.2) is 13.6 Å². The normalized spacial score (nSPS) is 16.1. The van der Waals surface area contributed by atoms with Crippen LogP contribution in [0.5, 0.6) is 0 Å². The van der Waals surface area contributed by atoms with Crippen molar-refractivity contribution < 1.29 is 23.8 Å². The van der Waals surface area contributed by atoms with Gasteiger partial charge in [0.1, 0.15) is 5.54 Å². The minimum Gasteiger partial charge on any atom is -0.465 e. The Morgan fingerprint density at radius 2 is 2.18 bits per heavy atom. The van der Waals surface area contributed by atoms with Gasteiger partial charge in [-0.1, -0.05) is 0 Å². The van der Waals surface area contributed by atoms with Crippen LogP contribution in [0.4, 0.5) is 13.6 Å². The molecular formula is C5H9F2NO3. The molecule has 11 heavy (non-hydrogen) atoms. The standard InChI is InChI=1S/C5H9F2NO3/c1-5(2-9,3(6)7)8-4(10)11/h3,8-9H,2H2,1H3,(H,10,11). The highest BCUT2D eigenvalue weighted by atomic mass is 19.3. The van der Waals surface area contributed by atoms with Crippen LogP contribution < -0.4 is 5.32 Å². The molecule has 0 aliphatic carbocycles. The van der Waals surface area contributed by atoms with Crippen molar-refractivity contribution >= 4 is 6.09 Å². The molecule has 0 heterocycles. The van der Waals surface area contributed by atoms with E-state index in [1.54, 1.807) is 0 Å². The fourth-order valence-corrected chi connectivity index (χ4v) is 0.407. The number of carbonyl (C=O) groups is 1. The third kappa shape index (κ3) is 2.67. The monoisotopic (exact) mass is 169 g/mol. The number of alkyl halides is 2. The Morgan fingerprint density at radius 1 is 1.73 bits per heavy atom. The van der Waals surface area contributed by atoms with Crippen molar-refractivity contribution in [1.82, 2.24) is 5.32 Å². The van der Waals surface area contributed by atoms with Crippen LogP contribution in [-0.4, -0.2) is 34.9 Å². The van der Waals surface area contributed by atoms with Gasteiger partial charge in [-0.2, -0.15) is 0 Å². The molecule has 1 unspecified atom stereocenters. The van der Waals surface area contributed by atoms with E-state index < -0.39 is 24.7 Å². The smallest absolute Gasteiger partial charge is 0.405 e. The summed E-state index contributed by atoms with van der Waals surface area (Å²) < 4.78 is 23.9. The molecule has 0 saturated heterocycles. The van der Waals surface area contributed by atoms with E-state index in [0.29, 0.717) is 0 Å². The van der Waals surface area contributed by atoms with Crippen molar-refractivity contribution in [2.45, 2.75) is 18.9 Å². The molecule has 6 heteroatoms. The van der Waals surface area contributed by atoms with Gasteiger partial charge >= 0.3 is 6.09 Å². The third-order valence-electron chi connectivity index (χ3n) is 1.20. The van der Waals surface area contributed by atoms with Gasteiger partial charge in [0.25, 0.3) is 6.43 Å². The minimum atomic E-state index is -2.93. The summed E-state index contributed by atoms with van der Waals surface area (Å²) in [6, 6.07) is 0. The number of halogens is 2. The fourth-order valence-electron chi connectivity index (χ4n) is 0.407. The first-order valence-electron chi connectivity index (χ1n) is 2.82. The lowest BCUT2D eigenvalue weighted by Gasteiger charge is -2.25. The lowest BCUT2D eigenvalue weighted by Crippen LogP contribution is -2.53. The SMILES string of the molecule is CC(CO)(NC(=O)O)C(F)F. The van der Waals surface area contributed by atoms with Crippen molar-refractivity contribution in [2.75, 3.05) is 6.61 Å². The molecule has 0 aromatic carbocycles. The molecule has 0 aliphatic heterocycles. The summed E-state index contributed by atoms with van der Waals surface area (Å²) in [7, 11) is 0. The van der Waals surface area contributed by atoms with Crippen LogP contribution in [0.3, 0.4) is 0 Å². The lowest BCUT2D eigenvalue weighted by atomic mass is 10.1. The topological polar surface area (TPSA) is 69.6 Å². The largest absolute Gasteiger partial charge is 0.465 e. The maximum atomic E-state index is 12.0. The highest BCUT2D eigenvalue weighted by Crippen LogP contribution is 2.13. The molecule has 1 atom stereocenters. The zero-order valence-corrected chi connectivity index (χ0v) is 5.84. The summed E-state index contributed by atoms with van der Waals surface area (Å²) in [5, 5.41) is 18.0. The van der Waals surface area contributed by atoms with Gasteiger partial charge < -0.3 is 15.5 Å². The zero-order valence-electron chi connectivity index (χ0n) is 5.84. The molecule has 4 nitrogen and oxygen atoms in total. The molecule has 0 aromatic heterocycles. The Bertz CT molecular complexity index is 153. The average molecular weight is 169 g/mol. The van der Waals surface area contributed by atoms with Crippen molar-refractivity contribution in [3.8, 4) is 0 Å². The predicted octanol–water partition coefficient (Wildman–Crippen LogP) is 0.270. The zero-order chi connectivity index (χ0) is 9.07. The Balaban J connectivity index is 4.22. The molecule has 0 radical (unpaired) electrons. The molecule has 0 aromatic rings. The third-order valence-corrected chi connectivity index (χ3v) is 1.20. The summed E-state index contributed by atoms with van der Waals surface area (Å²) in [5.41, 5.74) is -2.06. The van der Waals surface area contributed by atoms with Crippen LogP contribution in [-0.2, 0) is 0 Å². The predicted molar refractivity (Wildman–Crippen MR) is 32.7 cm³/mol. The van der Waals surface area contributed by atoms with Gasteiger partial charge in [0.15, 0.2) is 0 Å². The van der Waals surface area contributed by atoms with Crippen molar-refractivity contribution in [1.29, 1.82) is 0 Å². The first-order chi connectivity index (χ1) is 4.92. The van der Waals surface area contributed by atoms with Crippen molar-refractivity contribution in [2.24, 2.45) is 0 Å². The summed E-state index contributed by atoms with van der Waals surface area (Å²) in [6.07, 6.45) is -4.51. The summed E-state index contributed by atoms with van der Waals surface area (Å²) in [4.78, 5) is 9.92. The van der Waals surface area contributed by atoms with Crippen LogP contribution in [0, 0.1) is 0 Å². The first kappa shape index (κ1) is 10.1. The molecular weight excluding hydrogens is 160 g/mol. The Morgan fingerprint density at radius 3 is 2.27 bits per heavy atom. The molecule has 0 saturated carbocycles. The van der Waals surface area contributed by atoms with Crippen molar-refractivity contribution in [3.63, 3.8) is 0 Å². The number of amides is 1. The van der Waals surface area contributed by atoms with E-state index in [4.69, 9.17) is 10.2 Å². The molecule has 0 bridgehead atoms. The van der Waals surface area contributed by atoms with E-state index in [0.717, 1.165) is 6.92 Å². The van der Waals surface area contributed by atoms with Gasteiger partial charge in [-0.3, -0.25) is 0 Å². The maximum absolute atomic E-state index is 12.0. The van der Waals surface area contributed by atoms with Crippen LogP contribution in [0.2, 0.25) is 0 Å². The summed E-state index contributed by atoms with van der Waals surface area (Å²) in [5.74, 6) is 0. The second-order valence-corrected chi connectivity index (χ2v) is 2.31. The van der Waals surface area contributed by atoms with E-state index in [9.17, 15) is 13.6 Å². The molecule has 0 spiro atoms. The number of aliphatic hydroxyl groups is 1. The van der Waals surface area contributed by atoms with Gasteiger partial charge in [0, 0.05) is 0 Å². The maximum Gasteiger partial charge on any atom is 0.405 e. The van der Waals surface area contributed by atoms with E-state index in [1.165, 1.54) is 5.32 Å². The number of rotatable bonds is 3. The number of aliphatic hydroxyl groups excluding tert-OH is 1. The van der Waals surface area contributed by atoms with Gasteiger partial charge in [0.05, 0.1) is 6.61 Å². The van der Waals surface area contributed by atoms with Crippen LogP contribution >= 0.6 is 0 Å². The Kier molecular flexibility index (Phi) is 3.18. The Labute approximate surface area is 61.8 Å². The number of carboxylic acid groups (broad SMARTS) is 1. The number of hydrogen-bond acceptors (Lipinski definition) is 2. The number of nitrogens with one attached hydrogen (secondary N) is 1. The molecule has 3 N–H and O–H groups in total. The van der Waals surface area contributed by atoms with Crippen molar-refractivity contribution in [3.05, 3.63) is 0 Å². The molecule has 0 fully saturated rings. The average Bonchev–Trinajstić information content (AvgIpc) is 1.86. The summed E-state index contributed by atoms with van der Waals surface area (Å²) >= 11 is 0. The Hall–Kier alpha value is -0.910. The fraction of sp³-hybridized carbons (Fsp3) is 0.800. The van der Waals surface area contributed by atoms with Crippen LogP contribution in [0.1, 0.15) is 6.92 Å². The second-order valence-electron chi connectivity index (χ2n) is 2.31. The van der Waals surface area contributed by atoms with E-state index >= 15 is 0 Å². The van der Waals surface area contributed by atoms with E-state index in [2.05, 4.69) is 0 Å². The highest BCUT2D eigenvalue weighted by Gasteiger charge is 2.35. The molecule has 1 amide bonds. The van der Waals surface area contributed by atoms with Crippen LogP contribution in [0.25, 0.3) is 0 Å². The van der Waals surface area contributed by atoms with E-state index in [-0.39, 0.29) is 0 Å². The second kappa shape index (κ2) is 3.47. The summed E-state index contributed by atoms with van der Waals surface area (Å²) in [6.45, 7) is -0.0112. The van der Waals surface area contributed by atoms with Crippen LogP contribution in [0.15, 0.2) is 0 Å². The first-order valence-corrected chi connectivity index (χ1v) is 2.82. The minimum absolute atomic E-state index is 0.922. The van der Waals surface area contributed by atoms with Gasteiger partial charge in [-0.05, 0) is 6.92 Å². The lowest BCUT2D eigenvalue weighted by molar-refractivity contribution is 0.00733. The molecule has 66 valence electrons. The van der Waals surface area contributed by atoms with Gasteiger partial charge in [-0.15, -0.1) is 0 Å². The number of hydrogen-bond donors (Lipinski definition) is 3. The highest BCUT2D eigenvalue weighted by molar-refractivity contribution is 5.65. The molecule has 0 aliphatic rings. The van der Waals surface area contributed by atoms with E-state index in [1.807, 2.05) is 0 Å². The quantitative estimate of drug-likeness (QED) is 0.568. The van der Waals surface area contributed by atoms with Gasteiger partial charge in [0.2, 0.25) is 0 Å². The molecule has 0 rings (SSSR count).